The van der Waals surface area contributed by atoms with Crippen LogP contribution < -0.4 is 11.1 Å². The predicted molar refractivity (Wildman–Crippen MR) is 125 cm³/mol. The number of amides is 1. The SMILES string of the molecule is Cc1ccncc1-c1cc2cc(NC(=O)C3[C@H]4CC(N5CC(C)C5)C[C@@H]34)ncc2c(N)n1. The number of nitrogens with one attached hydrogen (secondary N) is 1. The van der Waals surface area contributed by atoms with Gasteiger partial charge in [0.15, 0.2) is 0 Å². The fraction of sp³-hybridized carbons (Fsp3) is 0.440. The van der Waals surface area contributed by atoms with Crippen LogP contribution in [-0.4, -0.2) is 44.9 Å². The summed E-state index contributed by atoms with van der Waals surface area (Å²) in [6.45, 7) is 6.78. The van der Waals surface area contributed by atoms with Gasteiger partial charge in [-0.1, -0.05) is 6.92 Å². The molecule has 1 aliphatic heterocycles. The second-order valence-electron chi connectivity index (χ2n) is 9.90. The Labute approximate surface area is 187 Å². The van der Waals surface area contributed by atoms with E-state index in [1.165, 1.54) is 13.1 Å². The van der Waals surface area contributed by atoms with Crippen LogP contribution in [0, 0.1) is 30.6 Å². The maximum atomic E-state index is 12.9. The van der Waals surface area contributed by atoms with Crippen molar-refractivity contribution in [1.29, 1.82) is 0 Å². The first-order valence-corrected chi connectivity index (χ1v) is 11.5. The molecule has 4 atom stereocenters. The van der Waals surface area contributed by atoms with E-state index in [4.69, 9.17) is 5.73 Å². The molecule has 3 N–H and O–H groups in total. The number of carbonyl (C=O) groups is 1. The summed E-state index contributed by atoms with van der Waals surface area (Å²) in [5.41, 5.74) is 9.01. The largest absolute Gasteiger partial charge is 0.383 e. The second-order valence-corrected chi connectivity index (χ2v) is 9.90. The van der Waals surface area contributed by atoms with Crippen LogP contribution in [0.1, 0.15) is 25.3 Å². The van der Waals surface area contributed by atoms with Crippen LogP contribution in [0.15, 0.2) is 36.8 Å². The minimum atomic E-state index is 0.104. The number of nitrogen functional groups attached to an aromatic ring is 1. The number of likely N-dealkylation sites (tertiary alicyclic amines) is 1. The zero-order valence-electron chi connectivity index (χ0n) is 18.5. The summed E-state index contributed by atoms with van der Waals surface area (Å²) in [6, 6.07) is 6.52. The third kappa shape index (κ3) is 3.23. The zero-order chi connectivity index (χ0) is 22.0. The van der Waals surface area contributed by atoms with Gasteiger partial charge < -0.3 is 11.1 Å². The monoisotopic (exact) mass is 428 g/mol. The Hall–Kier alpha value is -3.06. The van der Waals surface area contributed by atoms with Crippen molar-refractivity contribution in [3.63, 3.8) is 0 Å². The average Bonchev–Trinajstić information content (AvgIpc) is 3.26. The van der Waals surface area contributed by atoms with E-state index in [1.54, 1.807) is 18.6 Å². The number of anilines is 2. The molecule has 1 saturated heterocycles. The van der Waals surface area contributed by atoms with Crippen molar-refractivity contribution in [2.24, 2.45) is 23.7 Å². The normalized spacial score (nSPS) is 27.2. The van der Waals surface area contributed by atoms with E-state index in [1.807, 2.05) is 25.1 Å². The zero-order valence-corrected chi connectivity index (χ0v) is 18.5. The molecule has 6 rings (SSSR count). The van der Waals surface area contributed by atoms with Gasteiger partial charge in [0.25, 0.3) is 0 Å². The van der Waals surface area contributed by atoms with Crippen LogP contribution >= 0.6 is 0 Å². The lowest BCUT2D eigenvalue weighted by molar-refractivity contribution is -0.118. The molecule has 0 bridgehead atoms. The van der Waals surface area contributed by atoms with E-state index in [2.05, 4.69) is 32.1 Å². The predicted octanol–water partition coefficient (Wildman–Crippen LogP) is 3.50. The lowest BCUT2D eigenvalue weighted by Gasteiger charge is -2.42. The summed E-state index contributed by atoms with van der Waals surface area (Å²) in [5, 5.41) is 4.74. The highest BCUT2D eigenvalue weighted by Crippen LogP contribution is 2.59. The Morgan fingerprint density at radius 3 is 2.69 bits per heavy atom. The van der Waals surface area contributed by atoms with Gasteiger partial charge in [-0.2, -0.15) is 0 Å². The number of nitrogens with zero attached hydrogens (tertiary/aromatic N) is 4. The number of pyridine rings is 3. The van der Waals surface area contributed by atoms with Crippen molar-refractivity contribution >= 4 is 28.3 Å². The third-order valence-corrected chi connectivity index (χ3v) is 7.64. The molecule has 4 heterocycles. The molecule has 1 amide bonds. The smallest absolute Gasteiger partial charge is 0.229 e. The van der Waals surface area contributed by atoms with Gasteiger partial charge in [0, 0.05) is 54.6 Å². The van der Waals surface area contributed by atoms with Crippen LogP contribution in [0.25, 0.3) is 22.0 Å². The summed E-state index contributed by atoms with van der Waals surface area (Å²) in [6.07, 6.45) is 7.59. The second kappa shape index (κ2) is 7.24. The van der Waals surface area contributed by atoms with Gasteiger partial charge in [0.2, 0.25) is 5.91 Å². The van der Waals surface area contributed by atoms with Gasteiger partial charge in [0.1, 0.15) is 11.6 Å². The molecule has 2 aliphatic carbocycles. The van der Waals surface area contributed by atoms with Crippen LogP contribution in [0.2, 0.25) is 0 Å². The Bertz CT molecular complexity index is 1210. The number of hydrogen-bond donors (Lipinski definition) is 2. The summed E-state index contributed by atoms with van der Waals surface area (Å²) < 4.78 is 0. The topological polar surface area (TPSA) is 97.0 Å². The molecular weight excluding hydrogens is 400 g/mol. The lowest BCUT2D eigenvalue weighted by atomic mass is 9.96. The standard InChI is InChI=1S/C25H28N6O/c1-13-11-31(12-13)16-7-17-18(8-16)23(17)25(32)30-22-6-15-5-21(19-9-27-4-3-14(19)2)29-24(26)20(15)10-28-22/h3-6,9-10,13,16-18,23H,7-8,11-12H2,1-2H3,(H2,26,29)(H,28,30,32)/t16?,17-,18+,23?. The molecule has 3 fully saturated rings. The quantitative estimate of drug-likeness (QED) is 0.660. The number of fused-ring (bicyclic) bond motifs is 2. The fourth-order valence-electron chi connectivity index (χ4n) is 5.87. The van der Waals surface area contributed by atoms with E-state index < -0.39 is 0 Å². The Balaban J connectivity index is 1.18. The van der Waals surface area contributed by atoms with E-state index >= 15 is 0 Å². The van der Waals surface area contributed by atoms with Gasteiger partial charge in [-0.3, -0.25) is 14.7 Å². The average molecular weight is 429 g/mol. The Morgan fingerprint density at radius 2 is 1.97 bits per heavy atom. The number of aromatic nitrogens is 3. The molecule has 7 nitrogen and oxygen atoms in total. The Morgan fingerprint density at radius 1 is 1.19 bits per heavy atom. The summed E-state index contributed by atoms with van der Waals surface area (Å²) in [4.78, 5) is 28.7. The highest BCUT2D eigenvalue weighted by atomic mass is 16.2. The molecule has 2 unspecified atom stereocenters. The lowest BCUT2D eigenvalue weighted by Crippen LogP contribution is -2.50. The number of hydrogen-bond acceptors (Lipinski definition) is 6. The van der Waals surface area contributed by atoms with Crippen molar-refractivity contribution in [2.75, 3.05) is 24.1 Å². The molecule has 2 saturated carbocycles. The van der Waals surface area contributed by atoms with Crippen molar-refractivity contribution in [2.45, 2.75) is 32.7 Å². The summed E-state index contributed by atoms with van der Waals surface area (Å²) in [7, 11) is 0. The molecule has 0 spiro atoms. The maximum absolute atomic E-state index is 12.9. The number of carbonyl (C=O) groups excluding carboxylic acids is 1. The molecule has 7 heteroatoms. The minimum absolute atomic E-state index is 0.104. The van der Waals surface area contributed by atoms with Crippen LogP contribution in [0.4, 0.5) is 11.6 Å². The Kier molecular flexibility index (Phi) is 4.43. The minimum Gasteiger partial charge on any atom is -0.383 e. The molecule has 3 aromatic rings. The molecular formula is C25H28N6O. The first-order valence-electron chi connectivity index (χ1n) is 11.5. The van der Waals surface area contributed by atoms with Gasteiger partial charge in [-0.05, 0) is 66.7 Å². The van der Waals surface area contributed by atoms with Crippen molar-refractivity contribution in [3.05, 3.63) is 42.4 Å². The maximum Gasteiger partial charge on any atom is 0.229 e. The van der Waals surface area contributed by atoms with E-state index in [0.717, 1.165) is 46.4 Å². The molecule has 0 aromatic carbocycles. The molecule has 3 aromatic heterocycles. The third-order valence-electron chi connectivity index (χ3n) is 7.64. The van der Waals surface area contributed by atoms with E-state index in [0.29, 0.717) is 29.5 Å². The summed E-state index contributed by atoms with van der Waals surface area (Å²) >= 11 is 0. The fourth-order valence-corrected chi connectivity index (χ4v) is 5.87. The van der Waals surface area contributed by atoms with Gasteiger partial charge in [0.05, 0.1) is 5.69 Å². The first kappa shape index (κ1) is 19.6. The van der Waals surface area contributed by atoms with E-state index in [9.17, 15) is 4.79 Å². The van der Waals surface area contributed by atoms with Gasteiger partial charge in [-0.25, -0.2) is 9.97 Å². The van der Waals surface area contributed by atoms with Gasteiger partial charge >= 0.3 is 0 Å². The highest BCUT2D eigenvalue weighted by Gasteiger charge is 2.60. The van der Waals surface area contributed by atoms with Crippen molar-refractivity contribution < 1.29 is 4.79 Å². The highest BCUT2D eigenvalue weighted by molar-refractivity contribution is 5.98. The first-order chi connectivity index (χ1) is 15.5. The number of nitrogens with two attached hydrogens (primary N) is 1. The van der Waals surface area contributed by atoms with E-state index in [-0.39, 0.29) is 11.8 Å². The van der Waals surface area contributed by atoms with Crippen LogP contribution in [-0.2, 0) is 4.79 Å². The number of rotatable bonds is 4. The van der Waals surface area contributed by atoms with Crippen LogP contribution in [0.3, 0.4) is 0 Å². The van der Waals surface area contributed by atoms with Crippen molar-refractivity contribution in [1.82, 2.24) is 19.9 Å². The van der Waals surface area contributed by atoms with Gasteiger partial charge in [-0.15, -0.1) is 0 Å². The molecule has 32 heavy (non-hydrogen) atoms. The molecule has 3 aliphatic rings. The molecule has 0 radical (unpaired) electrons. The molecule has 164 valence electrons. The summed E-state index contributed by atoms with van der Waals surface area (Å²) in [5.74, 6) is 3.14. The van der Waals surface area contributed by atoms with Crippen molar-refractivity contribution in [3.8, 4) is 11.3 Å². The number of aryl methyl sites for hydroxylation is 1. The van der Waals surface area contributed by atoms with Crippen LogP contribution in [0.5, 0.6) is 0 Å².